The third kappa shape index (κ3) is 2.71. The van der Waals surface area contributed by atoms with Crippen LogP contribution in [0.4, 0.5) is 0 Å². The number of carboxylic acids is 1. The van der Waals surface area contributed by atoms with Gasteiger partial charge >= 0.3 is 5.97 Å². The third-order valence-corrected chi connectivity index (χ3v) is 3.15. The number of thioether (sulfide) groups is 1. The molecule has 1 saturated carbocycles. The molecule has 0 saturated heterocycles. The predicted octanol–water partition coefficient (Wildman–Crippen LogP) is 1.07. The predicted molar refractivity (Wildman–Crippen MR) is 43.5 cm³/mol. The quantitative estimate of drug-likeness (QED) is 0.631. The molecule has 4 heteroatoms. The van der Waals surface area contributed by atoms with Crippen LogP contribution >= 0.6 is 11.8 Å². The Hall–Kier alpha value is -0.220. The first-order chi connectivity index (χ1) is 5.20. The third-order valence-electron chi connectivity index (χ3n) is 1.83. The maximum atomic E-state index is 10.2. The minimum atomic E-state index is -1.22. The number of aliphatic hydroxyl groups is 1. The van der Waals surface area contributed by atoms with Crippen LogP contribution in [0.3, 0.4) is 0 Å². The van der Waals surface area contributed by atoms with Crippen molar-refractivity contribution >= 4 is 17.7 Å². The lowest BCUT2D eigenvalue weighted by Gasteiger charge is -2.10. The molecule has 1 unspecified atom stereocenters. The Morgan fingerprint density at radius 3 is 2.45 bits per heavy atom. The molecule has 0 spiro atoms. The van der Waals surface area contributed by atoms with Crippen molar-refractivity contribution in [2.45, 2.75) is 36.4 Å². The average molecular weight is 176 g/mol. The monoisotopic (exact) mass is 176 g/mol. The molecular formula is C7H12O3S. The molecule has 2 N–H and O–H groups in total. The molecule has 1 aliphatic rings. The number of hydrogen-bond acceptors (Lipinski definition) is 3. The van der Waals surface area contributed by atoms with Crippen LogP contribution in [0.2, 0.25) is 0 Å². The van der Waals surface area contributed by atoms with Crippen molar-refractivity contribution in [3.05, 3.63) is 0 Å². The summed E-state index contributed by atoms with van der Waals surface area (Å²) >= 11 is 1.17. The lowest BCUT2D eigenvalue weighted by molar-refractivity contribution is -0.141. The maximum Gasteiger partial charge on any atom is 0.343 e. The summed E-state index contributed by atoms with van der Waals surface area (Å²) in [7, 11) is 0. The van der Waals surface area contributed by atoms with E-state index in [4.69, 9.17) is 10.2 Å². The Bertz CT molecular complexity index is 143. The van der Waals surface area contributed by atoms with Crippen molar-refractivity contribution < 1.29 is 15.0 Å². The molecule has 11 heavy (non-hydrogen) atoms. The van der Waals surface area contributed by atoms with Gasteiger partial charge in [0.15, 0.2) is 5.44 Å². The first kappa shape index (κ1) is 8.87. The zero-order valence-electron chi connectivity index (χ0n) is 6.19. The first-order valence-electron chi connectivity index (χ1n) is 3.76. The Balaban J connectivity index is 2.23. The molecule has 1 aliphatic carbocycles. The highest BCUT2D eigenvalue weighted by atomic mass is 32.2. The fourth-order valence-electron chi connectivity index (χ4n) is 1.26. The van der Waals surface area contributed by atoms with Gasteiger partial charge in [0, 0.05) is 5.25 Å². The van der Waals surface area contributed by atoms with Crippen molar-refractivity contribution in [3.8, 4) is 0 Å². The van der Waals surface area contributed by atoms with Crippen molar-refractivity contribution in [1.29, 1.82) is 0 Å². The molecule has 3 nitrogen and oxygen atoms in total. The minimum absolute atomic E-state index is 0.362. The van der Waals surface area contributed by atoms with E-state index >= 15 is 0 Å². The topological polar surface area (TPSA) is 57.5 Å². The van der Waals surface area contributed by atoms with Gasteiger partial charge in [-0.2, -0.15) is 0 Å². The SMILES string of the molecule is O=C(O)C(O)SC1CCCC1. The second-order valence-corrected chi connectivity index (χ2v) is 4.12. The van der Waals surface area contributed by atoms with Gasteiger partial charge in [0.2, 0.25) is 0 Å². The molecule has 0 heterocycles. The van der Waals surface area contributed by atoms with Gasteiger partial charge in [-0.3, -0.25) is 0 Å². The Morgan fingerprint density at radius 2 is 2.00 bits per heavy atom. The summed E-state index contributed by atoms with van der Waals surface area (Å²) in [5.41, 5.74) is -1.22. The van der Waals surface area contributed by atoms with Crippen LogP contribution in [0.1, 0.15) is 25.7 Å². The van der Waals surface area contributed by atoms with Crippen LogP contribution in [0.25, 0.3) is 0 Å². The van der Waals surface area contributed by atoms with Gasteiger partial charge in [0.25, 0.3) is 0 Å². The number of carboxylic acid groups (broad SMARTS) is 1. The zero-order chi connectivity index (χ0) is 8.27. The van der Waals surface area contributed by atoms with Crippen LogP contribution in [-0.4, -0.2) is 26.9 Å². The molecule has 0 bridgehead atoms. The van der Waals surface area contributed by atoms with Crippen LogP contribution in [0, 0.1) is 0 Å². The summed E-state index contributed by atoms with van der Waals surface area (Å²) in [6.45, 7) is 0. The normalized spacial score (nSPS) is 21.9. The number of rotatable bonds is 3. The largest absolute Gasteiger partial charge is 0.479 e. The second kappa shape index (κ2) is 3.97. The van der Waals surface area contributed by atoms with Crippen LogP contribution in [0.15, 0.2) is 0 Å². The molecule has 0 aromatic heterocycles. The molecule has 1 rings (SSSR count). The van der Waals surface area contributed by atoms with E-state index in [0.717, 1.165) is 12.8 Å². The number of hydrogen-bond donors (Lipinski definition) is 2. The second-order valence-electron chi connectivity index (χ2n) is 2.73. The Labute approximate surface area is 69.8 Å². The fraction of sp³-hybridized carbons (Fsp3) is 0.857. The molecule has 0 aliphatic heterocycles. The molecule has 0 amide bonds. The summed E-state index contributed by atoms with van der Waals surface area (Å²) in [6.07, 6.45) is 4.44. The first-order valence-corrected chi connectivity index (χ1v) is 4.71. The molecule has 1 fully saturated rings. The van der Waals surface area contributed by atoms with E-state index < -0.39 is 11.4 Å². The van der Waals surface area contributed by atoms with Crippen molar-refractivity contribution in [2.75, 3.05) is 0 Å². The molecule has 0 radical (unpaired) electrons. The van der Waals surface area contributed by atoms with Crippen LogP contribution in [0.5, 0.6) is 0 Å². The van der Waals surface area contributed by atoms with Crippen molar-refractivity contribution in [2.24, 2.45) is 0 Å². The van der Waals surface area contributed by atoms with Crippen molar-refractivity contribution in [3.63, 3.8) is 0 Å². The standard InChI is InChI=1S/C7H12O3S/c8-6(9)7(10)11-5-3-1-2-4-5/h5,7,10H,1-4H2,(H,8,9). The van der Waals surface area contributed by atoms with Gasteiger partial charge in [0.05, 0.1) is 0 Å². The van der Waals surface area contributed by atoms with Crippen LogP contribution < -0.4 is 0 Å². The Morgan fingerprint density at radius 1 is 1.45 bits per heavy atom. The maximum absolute atomic E-state index is 10.2. The van der Waals surface area contributed by atoms with Gasteiger partial charge in [-0.1, -0.05) is 12.8 Å². The summed E-state index contributed by atoms with van der Waals surface area (Å²) in [4.78, 5) is 10.2. The van der Waals surface area contributed by atoms with E-state index in [1.165, 1.54) is 24.6 Å². The van der Waals surface area contributed by atoms with Crippen LogP contribution in [-0.2, 0) is 4.79 Å². The summed E-state index contributed by atoms with van der Waals surface area (Å²) in [5, 5.41) is 17.7. The van der Waals surface area contributed by atoms with E-state index in [-0.39, 0.29) is 0 Å². The summed E-state index contributed by atoms with van der Waals surface area (Å²) in [6, 6.07) is 0. The molecule has 0 aromatic rings. The molecular weight excluding hydrogens is 164 g/mol. The van der Waals surface area contributed by atoms with E-state index in [0.29, 0.717) is 5.25 Å². The van der Waals surface area contributed by atoms with Gasteiger partial charge in [-0.25, -0.2) is 4.79 Å². The number of aliphatic hydroxyl groups excluding tert-OH is 1. The highest BCUT2D eigenvalue weighted by Crippen LogP contribution is 2.31. The number of aliphatic carboxylic acids is 1. The van der Waals surface area contributed by atoms with Gasteiger partial charge in [0.1, 0.15) is 0 Å². The smallest absolute Gasteiger partial charge is 0.343 e. The van der Waals surface area contributed by atoms with E-state index in [1.807, 2.05) is 0 Å². The van der Waals surface area contributed by atoms with E-state index in [9.17, 15) is 4.79 Å². The highest BCUT2D eigenvalue weighted by Gasteiger charge is 2.22. The lowest BCUT2D eigenvalue weighted by atomic mass is 10.4. The number of carbonyl (C=O) groups is 1. The molecule has 64 valence electrons. The Kier molecular flexibility index (Phi) is 3.20. The lowest BCUT2D eigenvalue weighted by Crippen LogP contribution is -2.18. The van der Waals surface area contributed by atoms with E-state index in [2.05, 4.69) is 0 Å². The molecule has 1 atom stereocenters. The van der Waals surface area contributed by atoms with Gasteiger partial charge in [-0.05, 0) is 12.8 Å². The van der Waals surface area contributed by atoms with E-state index in [1.54, 1.807) is 0 Å². The summed E-state index contributed by atoms with van der Waals surface area (Å²) in [5.74, 6) is -1.12. The van der Waals surface area contributed by atoms with Crippen molar-refractivity contribution in [1.82, 2.24) is 0 Å². The average Bonchev–Trinajstić information content (AvgIpc) is 2.39. The highest BCUT2D eigenvalue weighted by molar-refractivity contribution is 8.01. The summed E-state index contributed by atoms with van der Waals surface area (Å²) < 4.78 is 0. The fourth-order valence-corrected chi connectivity index (χ4v) is 2.35. The zero-order valence-corrected chi connectivity index (χ0v) is 7.01. The minimum Gasteiger partial charge on any atom is -0.479 e. The molecule has 0 aromatic carbocycles. The van der Waals surface area contributed by atoms with Gasteiger partial charge < -0.3 is 10.2 Å². The van der Waals surface area contributed by atoms with Gasteiger partial charge in [-0.15, -0.1) is 11.8 Å².